The van der Waals surface area contributed by atoms with Gasteiger partial charge in [0, 0.05) is 6.42 Å². The van der Waals surface area contributed by atoms with Crippen LogP contribution >= 0.6 is 0 Å². The summed E-state index contributed by atoms with van der Waals surface area (Å²) < 4.78 is 4.90. The fourth-order valence-electron chi connectivity index (χ4n) is 1.94. The molecule has 0 spiro atoms. The Labute approximate surface area is 93.2 Å². The topological polar surface area (TPSA) is 79.5 Å². The van der Waals surface area contributed by atoms with Gasteiger partial charge in [-0.2, -0.15) is 4.98 Å². The molecule has 0 aromatic carbocycles. The first-order valence-electron chi connectivity index (χ1n) is 5.39. The van der Waals surface area contributed by atoms with Crippen molar-refractivity contribution in [1.29, 1.82) is 0 Å². The van der Waals surface area contributed by atoms with Gasteiger partial charge in [0.2, 0.25) is 5.89 Å². The number of carbonyl (C=O) groups is 1. The van der Waals surface area contributed by atoms with Crippen molar-refractivity contribution < 1.29 is 14.4 Å². The Kier molecular flexibility index (Phi) is 3.19. The van der Waals surface area contributed by atoms with Gasteiger partial charge in [0.1, 0.15) is 0 Å². The van der Waals surface area contributed by atoms with Gasteiger partial charge in [-0.15, -0.1) is 0 Å². The summed E-state index contributed by atoms with van der Waals surface area (Å²) in [6.45, 7) is 2.15. The van der Waals surface area contributed by atoms with Crippen LogP contribution in [-0.2, 0) is 6.42 Å². The molecule has 1 aliphatic rings. The minimum absolute atomic E-state index is 0.247. The number of aromatic nitrogens is 2. The van der Waals surface area contributed by atoms with Crippen molar-refractivity contribution in [3.05, 3.63) is 11.7 Å². The zero-order chi connectivity index (χ0) is 11.5. The van der Waals surface area contributed by atoms with E-state index < -0.39 is 5.97 Å². The minimum atomic E-state index is -1.14. The Bertz CT molecular complexity index is 369. The lowest BCUT2D eigenvalue weighted by molar-refractivity contribution is 0.0680. The van der Waals surface area contributed by atoms with Crippen molar-refractivity contribution in [3.63, 3.8) is 0 Å². The average Bonchev–Trinajstić information content (AvgIpc) is 2.70. The first-order chi connectivity index (χ1) is 7.65. The number of carboxylic acids is 1. The second-order valence-corrected chi connectivity index (χ2v) is 4.27. The highest BCUT2D eigenvalue weighted by Crippen LogP contribution is 2.19. The van der Waals surface area contributed by atoms with Crippen LogP contribution in [0, 0.1) is 5.92 Å². The largest absolute Gasteiger partial charge is 0.475 e. The third-order valence-corrected chi connectivity index (χ3v) is 2.96. The molecule has 1 aromatic heterocycles. The molecule has 0 unspecified atom stereocenters. The van der Waals surface area contributed by atoms with Crippen LogP contribution in [0.4, 0.5) is 0 Å². The molecule has 1 aliphatic heterocycles. The quantitative estimate of drug-likeness (QED) is 0.813. The maximum atomic E-state index is 10.6. The molecule has 1 N–H and O–H groups in total. The Balaban J connectivity index is 1.91. The van der Waals surface area contributed by atoms with Crippen molar-refractivity contribution >= 4 is 5.97 Å². The predicted octanol–water partition coefficient (Wildman–Crippen LogP) is 0.652. The van der Waals surface area contributed by atoms with E-state index >= 15 is 0 Å². The van der Waals surface area contributed by atoms with Gasteiger partial charge >= 0.3 is 5.97 Å². The van der Waals surface area contributed by atoms with Crippen LogP contribution in [0.15, 0.2) is 4.52 Å². The molecule has 88 valence electrons. The molecular weight excluding hydrogens is 210 g/mol. The Morgan fingerprint density at radius 2 is 2.25 bits per heavy atom. The lowest BCUT2D eigenvalue weighted by Gasteiger charge is -2.27. The SMILES string of the molecule is CN1CCC(Cc2nc(C(=O)O)no2)CC1. The van der Waals surface area contributed by atoms with E-state index in [1.54, 1.807) is 0 Å². The molecule has 6 heteroatoms. The van der Waals surface area contributed by atoms with Gasteiger partial charge in [-0.05, 0) is 44.1 Å². The average molecular weight is 225 g/mol. The first kappa shape index (κ1) is 11.1. The van der Waals surface area contributed by atoms with Crippen LogP contribution in [0.25, 0.3) is 0 Å². The summed E-state index contributed by atoms with van der Waals surface area (Å²) in [7, 11) is 2.10. The highest BCUT2D eigenvalue weighted by molar-refractivity contribution is 5.82. The van der Waals surface area contributed by atoms with E-state index in [0.29, 0.717) is 18.2 Å². The minimum Gasteiger partial charge on any atom is -0.475 e. The van der Waals surface area contributed by atoms with Gasteiger partial charge in [0.05, 0.1) is 0 Å². The van der Waals surface area contributed by atoms with Gasteiger partial charge in [-0.25, -0.2) is 4.79 Å². The lowest BCUT2D eigenvalue weighted by Crippen LogP contribution is -2.31. The van der Waals surface area contributed by atoms with Crippen molar-refractivity contribution in [3.8, 4) is 0 Å². The van der Waals surface area contributed by atoms with Crippen molar-refractivity contribution in [2.75, 3.05) is 20.1 Å². The predicted molar refractivity (Wildman–Crippen MR) is 55.2 cm³/mol. The van der Waals surface area contributed by atoms with E-state index in [1.807, 2.05) is 0 Å². The number of aromatic carboxylic acids is 1. The van der Waals surface area contributed by atoms with Gasteiger partial charge in [0.15, 0.2) is 0 Å². The maximum absolute atomic E-state index is 10.6. The van der Waals surface area contributed by atoms with Gasteiger partial charge in [-0.3, -0.25) is 0 Å². The van der Waals surface area contributed by atoms with E-state index in [9.17, 15) is 4.79 Å². The third kappa shape index (κ3) is 2.57. The number of hydrogen-bond donors (Lipinski definition) is 1. The van der Waals surface area contributed by atoms with E-state index in [1.165, 1.54) is 0 Å². The summed E-state index contributed by atoms with van der Waals surface area (Å²) in [5.41, 5.74) is 0. The number of carboxylic acid groups (broad SMARTS) is 1. The normalized spacial score (nSPS) is 18.8. The molecule has 2 rings (SSSR count). The molecule has 0 radical (unpaired) electrons. The maximum Gasteiger partial charge on any atom is 0.377 e. The Morgan fingerprint density at radius 3 is 2.81 bits per heavy atom. The summed E-state index contributed by atoms with van der Waals surface area (Å²) in [5, 5.41) is 12.0. The molecular formula is C10H15N3O3. The standard InChI is InChI=1S/C10H15N3O3/c1-13-4-2-7(3-5-13)6-8-11-9(10(14)15)12-16-8/h7H,2-6H2,1H3,(H,14,15). The van der Waals surface area contributed by atoms with Crippen molar-refractivity contribution in [1.82, 2.24) is 15.0 Å². The summed E-state index contributed by atoms with van der Waals surface area (Å²) in [6.07, 6.45) is 2.89. The summed E-state index contributed by atoms with van der Waals surface area (Å²) in [6, 6.07) is 0. The molecule has 1 saturated heterocycles. The number of piperidine rings is 1. The molecule has 0 aliphatic carbocycles. The van der Waals surface area contributed by atoms with Gasteiger partial charge in [-0.1, -0.05) is 0 Å². The molecule has 0 atom stereocenters. The van der Waals surface area contributed by atoms with Crippen LogP contribution < -0.4 is 0 Å². The summed E-state index contributed by atoms with van der Waals surface area (Å²) in [5.74, 6) is -0.424. The number of nitrogens with zero attached hydrogens (tertiary/aromatic N) is 3. The lowest BCUT2D eigenvalue weighted by atomic mass is 9.94. The second-order valence-electron chi connectivity index (χ2n) is 4.27. The molecule has 0 amide bonds. The highest BCUT2D eigenvalue weighted by Gasteiger charge is 2.20. The van der Waals surface area contributed by atoms with Crippen molar-refractivity contribution in [2.24, 2.45) is 5.92 Å². The van der Waals surface area contributed by atoms with E-state index in [2.05, 4.69) is 22.1 Å². The fourth-order valence-corrected chi connectivity index (χ4v) is 1.94. The molecule has 1 aromatic rings. The number of likely N-dealkylation sites (tertiary alicyclic amines) is 1. The van der Waals surface area contributed by atoms with E-state index in [0.717, 1.165) is 25.9 Å². The zero-order valence-corrected chi connectivity index (χ0v) is 9.22. The Morgan fingerprint density at radius 1 is 1.56 bits per heavy atom. The van der Waals surface area contributed by atoms with E-state index in [-0.39, 0.29) is 5.82 Å². The van der Waals surface area contributed by atoms with Gasteiger partial charge < -0.3 is 14.5 Å². The molecule has 0 bridgehead atoms. The van der Waals surface area contributed by atoms with Crippen LogP contribution in [-0.4, -0.2) is 46.3 Å². The van der Waals surface area contributed by atoms with Crippen LogP contribution in [0.1, 0.15) is 29.4 Å². The molecule has 0 saturated carbocycles. The summed E-state index contributed by atoms with van der Waals surface area (Å²) in [4.78, 5) is 16.7. The molecule has 6 nitrogen and oxygen atoms in total. The monoisotopic (exact) mass is 225 g/mol. The van der Waals surface area contributed by atoms with Crippen molar-refractivity contribution in [2.45, 2.75) is 19.3 Å². The zero-order valence-electron chi connectivity index (χ0n) is 9.22. The molecule has 16 heavy (non-hydrogen) atoms. The molecule has 1 fully saturated rings. The summed E-state index contributed by atoms with van der Waals surface area (Å²) >= 11 is 0. The molecule has 2 heterocycles. The van der Waals surface area contributed by atoms with Crippen LogP contribution in [0.5, 0.6) is 0 Å². The van der Waals surface area contributed by atoms with Gasteiger partial charge in [0.25, 0.3) is 5.82 Å². The second kappa shape index (κ2) is 4.61. The Hall–Kier alpha value is -1.43. The first-order valence-corrected chi connectivity index (χ1v) is 5.39. The van der Waals surface area contributed by atoms with Crippen LogP contribution in [0.2, 0.25) is 0 Å². The highest BCUT2D eigenvalue weighted by atomic mass is 16.5. The third-order valence-electron chi connectivity index (χ3n) is 2.96. The number of hydrogen-bond acceptors (Lipinski definition) is 5. The smallest absolute Gasteiger partial charge is 0.377 e. The van der Waals surface area contributed by atoms with Crippen LogP contribution in [0.3, 0.4) is 0 Å². The number of rotatable bonds is 3. The fraction of sp³-hybridized carbons (Fsp3) is 0.700. The van der Waals surface area contributed by atoms with E-state index in [4.69, 9.17) is 9.63 Å².